The van der Waals surface area contributed by atoms with Gasteiger partial charge >= 0.3 is 6.03 Å². The summed E-state index contributed by atoms with van der Waals surface area (Å²) in [5, 5.41) is 15.2. The number of para-hydroxylation sites is 1. The second kappa shape index (κ2) is 7.19. The van der Waals surface area contributed by atoms with E-state index in [4.69, 9.17) is 0 Å². The van der Waals surface area contributed by atoms with Crippen LogP contribution in [-0.2, 0) is 0 Å². The van der Waals surface area contributed by atoms with Gasteiger partial charge in [-0.1, -0.05) is 42.9 Å². The fraction of sp³-hybridized carbons (Fsp3) is 0.300. The normalized spacial score (nSPS) is 17.6. The number of anilines is 2. The minimum atomic E-state index is -0.498. The summed E-state index contributed by atoms with van der Waals surface area (Å²) in [6.07, 6.45) is 5.65. The summed E-state index contributed by atoms with van der Waals surface area (Å²) < 4.78 is 0. The van der Waals surface area contributed by atoms with Gasteiger partial charge in [0.15, 0.2) is 0 Å². The number of rotatable bonds is 3. The molecule has 2 aliphatic rings. The van der Waals surface area contributed by atoms with Gasteiger partial charge in [-0.3, -0.25) is 15.0 Å². The first-order chi connectivity index (χ1) is 13.1. The molecule has 0 atom stereocenters. The molecule has 27 heavy (non-hydrogen) atoms. The highest BCUT2D eigenvalue weighted by Gasteiger charge is 2.31. The van der Waals surface area contributed by atoms with E-state index in [1.807, 2.05) is 24.3 Å². The molecule has 0 N–H and O–H groups in total. The smallest absolute Gasteiger partial charge is 0.259 e. The number of nitro groups is 1. The number of carbonyl (C=O) groups is 1. The van der Waals surface area contributed by atoms with Crippen molar-refractivity contribution in [3.63, 3.8) is 0 Å². The molecule has 0 bridgehead atoms. The summed E-state index contributed by atoms with van der Waals surface area (Å²) >= 11 is 0. The molecular formula is C20H19N4O3. The lowest BCUT2D eigenvalue weighted by Crippen LogP contribution is -2.29. The third-order valence-corrected chi connectivity index (χ3v) is 5.17. The van der Waals surface area contributed by atoms with Crippen molar-refractivity contribution in [3.05, 3.63) is 64.2 Å². The third-order valence-electron chi connectivity index (χ3n) is 5.17. The number of carbonyl (C=O) groups excluding carboxylic acids is 1. The number of fused-ring (bicyclic) bond motifs is 1. The summed E-state index contributed by atoms with van der Waals surface area (Å²) in [4.78, 5) is 24.7. The fourth-order valence-corrected chi connectivity index (χ4v) is 3.83. The highest BCUT2D eigenvalue weighted by atomic mass is 16.6. The Balaban J connectivity index is 1.76. The summed E-state index contributed by atoms with van der Waals surface area (Å²) in [6, 6.07) is 13.0. The second-order valence-corrected chi connectivity index (χ2v) is 6.83. The molecule has 7 nitrogen and oxygen atoms in total. The monoisotopic (exact) mass is 363 g/mol. The Labute approximate surface area is 156 Å². The van der Waals surface area contributed by atoms with Crippen LogP contribution in [0.15, 0.2) is 53.6 Å². The lowest BCUT2D eigenvalue weighted by Gasteiger charge is -2.25. The van der Waals surface area contributed by atoms with E-state index < -0.39 is 11.0 Å². The van der Waals surface area contributed by atoms with Crippen LogP contribution in [-0.4, -0.2) is 16.7 Å². The van der Waals surface area contributed by atoms with Gasteiger partial charge in [-0.15, -0.1) is 5.10 Å². The molecule has 2 aromatic rings. The van der Waals surface area contributed by atoms with Crippen molar-refractivity contribution in [1.82, 2.24) is 5.43 Å². The molecule has 0 unspecified atom stereocenters. The number of benzene rings is 2. The lowest BCUT2D eigenvalue weighted by atomic mass is 9.83. The first-order valence-corrected chi connectivity index (χ1v) is 9.11. The van der Waals surface area contributed by atoms with Crippen LogP contribution < -0.4 is 10.3 Å². The van der Waals surface area contributed by atoms with Gasteiger partial charge in [0.25, 0.3) is 5.69 Å². The fourth-order valence-electron chi connectivity index (χ4n) is 3.83. The van der Waals surface area contributed by atoms with Crippen LogP contribution in [0.1, 0.15) is 37.7 Å². The molecule has 2 aromatic carbocycles. The van der Waals surface area contributed by atoms with Crippen molar-refractivity contribution in [2.75, 3.05) is 4.90 Å². The van der Waals surface area contributed by atoms with Gasteiger partial charge in [0.2, 0.25) is 0 Å². The van der Waals surface area contributed by atoms with Crippen molar-refractivity contribution in [2.24, 2.45) is 11.0 Å². The predicted octanol–water partition coefficient (Wildman–Crippen LogP) is 4.76. The maximum absolute atomic E-state index is 12.7. The van der Waals surface area contributed by atoms with Crippen LogP contribution >= 0.6 is 0 Å². The summed E-state index contributed by atoms with van der Waals surface area (Å²) in [6.45, 7) is 0. The molecule has 1 aliphatic heterocycles. The van der Waals surface area contributed by atoms with Crippen molar-refractivity contribution in [1.29, 1.82) is 0 Å². The maximum Gasteiger partial charge on any atom is 0.371 e. The lowest BCUT2D eigenvalue weighted by molar-refractivity contribution is -0.384. The van der Waals surface area contributed by atoms with Crippen LogP contribution in [0.3, 0.4) is 0 Å². The molecule has 0 aromatic heterocycles. The third kappa shape index (κ3) is 3.28. The molecule has 1 aliphatic carbocycles. The van der Waals surface area contributed by atoms with Gasteiger partial charge in [-0.25, -0.2) is 4.79 Å². The number of nitrogens with zero attached hydrogens (tertiary/aromatic N) is 4. The maximum atomic E-state index is 12.7. The predicted molar refractivity (Wildman–Crippen MR) is 102 cm³/mol. The zero-order valence-electron chi connectivity index (χ0n) is 14.7. The Hall–Kier alpha value is -3.22. The van der Waals surface area contributed by atoms with E-state index in [0.717, 1.165) is 37.0 Å². The van der Waals surface area contributed by atoms with Crippen LogP contribution in [0.5, 0.6) is 0 Å². The number of urea groups is 1. The summed E-state index contributed by atoms with van der Waals surface area (Å²) in [7, 11) is 0. The molecule has 0 spiro atoms. The molecule has 2 amide bonds. The molecule has 1 heterocycles. The summed E-state index contributed by atoms with van der Waals surface area (Å²) in [5.41, 5.74) is 6.93. The Morgan fingerprint density at radius 1 is 1.00 bits per heavy atom. The van der Waals surface area contributed by atoms with Crippen molar-refractivity contribution >= 4 is 28.8 Å². The topological polar surface area (TPSA) is 89.9 Å². The van der Waals surface area contributed by atoms with E-state index in [2.05, 4.69) is 10.5 Å². The number of amides is 2. The molecular weight excluding hydrogens is 344 g/mol. The molecule has 0 saturated heterocycles. The van der Waals surface area contributed by atoms with Crippen molar-refractivity contribution in [2.45, 2.75) is 32.1 Å². The van der Waals surface area contributed by atoms with Gasteiger partial charge in [0.05, 0.1) is 22.0 Å². The van der Waals surface area contributed by atoms with E-state index in [9.17, 15) is 14.9 Å². The van der Waals surface area contributed by atoms with Gasteiger partial charge in [-0.2, -0.15) is 0 Å². The van der Waals surface area contributed by atoms with Gasteiger partial charge < -0.3 is 0 Å². The number of hydrogen-bond donors (Lipinski definition) is 0. The van der Waals surface area contributed by atoms with Gasteiger partial charge in [0.1, 0.15) is 0 Å². The number of nitro benzene ring substituents is 1. The minimum Gasteiger partial charge on any atom is -0.259 e. The van der Waals surface area contributed by atoms with E-state index in [1.54, 1.807) is 12.1 Å². The second-order valence-electron chi connectivity index (χ2n) is 6.83. The number of non-ortho nitro benzene ring substituents is 1. The Morgan fingerprint density at radius 3 is 2.41 bits per heavy atom. The first kappa shape index (κ1) is 17.2. The molecule has 1 radical (unpaired) electrons. The zero-order chi connectivity index (χ0) is 18.8. The van der Waals surface area contributed by atoms with Crippen LogP contribution in [0.25, 0.3) is 0 Å². The molecule has 7 heteroatoms. The first-order valence-electron chi connectivity index (χ1n) is 9.11. The Bertz CT molecular complexity index is 902. The van der Waals surface area contributed by atoms with Crippen molar-refractivity contribution in [3.8, 4) is 0 Å². The highest BCUT2D eigenvalue weighted by molar-refractivity contribution is 6.13. The van der Waals surface area contributed by atoms with E-state index in [-0.39, 0.29) is 5.69 Å². The summed E-state index contributed by atoms with van der Waals surface area (Å²) in [5.74, 6) is 0.299. The minimum absolute atomic E-state index is 0.0228. The van der Waals surface area contributed by atoms with Crippen LogP contribution in [0.4, 0.5) is 21.9 Å². The largest absolute Gasteiger partial charge is 0.371 e. The van der Waals surface area contributed by atoms with E-state index in [0.29, 0.717) is 17.3 Å². The van der Waals surface area contributed by atoms with E-state index in [1.165, 1.54) is 23.5 Å². The van der Waals surface area contributed by atoms with E-state index >= 15 is 0 Å². The Kier molecular flexibility index (Phi) is 4.58. The molecule has 137 valence electrons. The average Bonchev–Trinajstić information content (AvgIpc) is 2.85. The number of hydrogen-bond acceptors (Lipinski definition) is 4. The van der Waals surface area contributed by atoms with Crippen molar-refractivity contribution < 1.29 is 9.72 Å². The molecule has 1 fully saturated rings. The standard InChI is InChI=1S/C20H19N4O3/c25-20-22-21-19(14-6-2-1-3-7-14)17-8-4-5-9-18(17)23(20)15-10-12-16(13-11-15)24(26)27/h4-5,8-14H,1-3,6-7H2. The van der Waals surface area contributed by atoms with Crippen LogP contribution in [0, 0.1) is 16.0 Å². The Morgan fingerprint density at radius 2 is 1.70 bits per heavy atom. The molecule has 4 rings (SSSR count). The van der Waals surface area contributed by atoms with Gasteiger partial charge in [0, 0.05) is 23.6 Å². The quantitative estimate of drug-likeness (QED) is 0.582. The SMILES string of the molecule is O=C1[N]N=C(C2CCCCC2)c2ccccc2N1c1ccc([N+](=O)[O-])cc1. The van der Waals surface area contributed by atoms with Gasteiger partial charge in [-0.05, 0) is 31.0 Å². The average molecular weight is 363 g/mol. The highest BCUT2D eigenvalue weighted by Crippen LogP contribution is 2.36. The molecule has 1 saturated carbocycles. The van der Waals surface area contributed by atoms with Crippen LogP contribution in [0.2, 0.25) is 0 Å². The zero-order valence-corrected chi connectivity index (χ0v) is 14.7.